The highest BCUT2D eigenvalue weighted by Gasteiger charge is 2.16. The van der Waals surface area contributed by atoms with Crippen molar-refractivity contribution in [3.8, 4) is 5.75 Å². The predicted molar refractivity (Wildman–Crippen MR) is 94.7 cm³/mol. The molecule has 0 aromatic heterocycles. The molecule has 0 saturated heterocycles. The summed E-state index contributed by atoms with van der Waals surface area (Å²) in [5, 5.41) is 13.6. The first kappa shape index (κ1) is 17.5. The van der Waals surface area contributed by atoms with Gasteiger partial charge >= 0.3 is 0 Å². The van der Waals surface area contributed by atoms with Gasteiger partial charge in [0.05, 0.1) is 0 Å². The molecule has 0 aliphatic rings. The van der Waals surface area contributed by atoms with Crippen molar-refractivity contribution in [2.45, 2.75) is 32.9 Å². The number of ether oxygens (including phenoxy) is 1. The maximum absolute atomic E-state index is 10.2. The molecule has 0 saturated carbocycles. The van der Waals surface area contributed by atoms with Crippen molar-refractivity contribution in [2.24, 2.45) is 5.92 Å². The van der Waals surface area contributed by atoms with Crippen LogP contribution in [-0.4, -0.2) is 24.4 Å². The van der Waals surface area contributed by atoms with E-state index in [0.717, 1.165) is 11.3 Å². The van der Waals surface area contributed by atoms with E-state index < -0.39 is 6.10 Å². The average molecular weight is 313 g/mol. The predicted octanol–water partition coefficient (Wildman–Crippen LogP) is 3.72. The van der Waals surface area contributed by atoms with Crippen LogP contribution in [0.2, 0.25) is 0 Å². The number of aliphatic hydroxyl groups excluding tert-OH is 1. The van der Waals surface area contributed by atoms with Crippen molar-refractivity contribution < 1.29 is 9.84 Å². The Morgan fingerprint density at radius 3 is 2.43 bits per heavy atom. The number of aliphatic hydroxyl groups is 1. The van der Waals surface area contributed by atoms with Gasteiger partial charge in [-0.2, -0.15) is 0 Å². The van der Waals surface area contributed by atoms with Crippen molar-refractivity contribution in [3.63, 3.8) is 0 Å². The summed E-state index contributed by atoms with van der Waals surface area (Å²) >= 11 is 0. The number of aryl methyl sites for hydroxylation is 1. The molecule has 0 aliphatic carbocycles. The molecule has 0 aliphatic heterocycles. The topological polar surface area (TPSA) is 41.5 Å². The minimum atomic E-state index is -0.541. The molecule has 0 amide bonds. The van der Waals surface area contributed by atoms with Crippen LogP contribution in [-0.2, 0) is 0 Å². The summed E-state index contributed by atoms with van der Waals surface area (Å²) in [6, 6.07) is 18.4. The Hall–Kier alpha value is -1.84. The summed E-state index contributed by atoms with van der Waals surface area (Å²) in [7, 11) is 0. The first-order valence-electron chi connectivity index (χ1n) is 8.22. The van der Waals surface area contributed by atoms with Gasteiger partial charge in [-0.15, -0.1) is 0 Å². The van der Waals surface area contributed by atoms with Gasteiger partial charge in [0.2, 0.25) is 0 Å². The van der Waals surface area contributed by atoms with E-state index in [9.17, 15) is 5.11 Å². The van der Waals surface area contributed by atoms with E-state index in [-0.39, 0.29) is 12.6 Å². The van der Waals surface area contributed by atoms with Crippen LogP contribution in [0.15, 0.2) is 54.6 Å². The van der Waals surface area contributed by atoms with E-state index in [1.165, 1.54) is 5.56 Å². The first-order chi connectivity index (χ1) is 11.1. The smallest absolute Gasteiger partial charge is 0.119 e. The molecule has 3 nitrogen and oxygen atoms in total. The molecule has 2 aromatic rings. The summed E-state index contributed by atoms with van der Waals surface area (Å²) in [4.78, 5) is 0. The maximum Gasteiger partial charge on any atom is 0.119 e. The first-order valence-corrected chi connectivity index (χ1v) is 8.22. The molecular formula is C20H27NO2. The molecule has 0 spiro atoms. The Morgan fingerprint density at radius 2 is 1.78 bits per heavy atom. The SMILES string of the molecule is Cc1cccc(OCC(O)CNC(c2ccccc2)C(C)C)c1. The van der Waals surface area contributed by atoms with Gasteiger partial charge in [0.15, 0.2) is 0 Å². The van der Waals surface area contributed by atoms with Crippen LogP contribution in [0.5, 0.6) is 5.75 Å². The van der Waals surface area contributed by atoms with Gasteiger partial charge in [0.1, 0.15) is 18.5 Å². The minimum Gasteiger partial charge on any atom is -0.491 e. The largest absolute Gasteiger partial charge is 0.491 e. The zero-order valence-electron chi connectivity index (χ0n) is 14.2. The van der Waals surface area contributed by atoms with Gasteiger partial charge in [-0.3, -0.25) is 0 Å². The van der Waals surface area contributed by atoms with E-state index in [0.29, 0.717) is 12.5 Å². The van der Waals surface area contributed by atoms with Gasteiger partial charge in [-0.1, -0.05) is 56.3 Å². The second-order valence-electron chi connectivity index (χ2n) is 6.32. The van der Waals surface area contributed by atoms with Crippen molar-refractivity contribution in [2.75, 3.05) is 13.2 Å². The molecule has 3 heteroatoms. The van der Waals surface area contributed by atoms with E-state index in [4.69, 9.17) is 4.74 Å². The minimum absolute atomic E-state index is 0.227. The van der Waals surface area contributed by atoms with Crippen LogP contribution in [0.25, 0.3) is 0 Å². The fourth-order valence-corrected chi connectivity index (χ4v) is 2.62. The summed E-state index contributed by atoms with van der Waals surface area (Å²) in [6.45, 7) is 7.18. The van der Waals surface area contributed by atoms with Gasteiger partial charge < -0.3 is 15.2 Å². The molecule has 0 radical (unpaired) electrons. The lowest BCUT2D eigenvalue weighted by Crippen LogP contribution is -2.35. The third-order valence-corrected chi connectivity index (χ3v) is 3.83. The maximum atomic E-state index is 10.2. The average Bonchev–Trinajstić information content (AvgIpc) is 2.54. The number of hydrogen-bond acceptors (Lipinski definition) is 3. The number of hydrogen-bond donors (Lipinski definition) is 2. The summed E-state index contributed by atoms with van der Waals surface area (Å²) in [6.07, 6.45) is -0.541. The molecule has 0 heterocycles. The Bertz CT molecular complexity index is 583. The van der Waals surface area contributed by atoms with Crippen LogP contribution < -0.4 is 10.1 Å². The molecule has 23 heavy (non-hydrogen) atoms. The monoisotopic (exact) mass is 313 g/mol. The molecule has 124 valence electrons. The number of nitrogens with one attached hydrogen (secondary N) is 1. The molecule has 2 unspecified atom stereocenters. The highest BCUT2D eigenvalue weighted by atomic mass is 16.5. The molecule has 0 bridgehead atoms. The molecule has 2 rings (SSSR count). The number of benzene rings is 2. The standard InChI is InChI=1S/C20H27NO2/c1-15(2)20(17-9-5-4-6-10-17)21-13-18(22)14-23-19-11-7-8-16(3)12-19/h4-12,15,18,20-22H,13-14H2,1-3H3. The van der Waals surface area contributed by atoms with Crippen molar-refractivity contribution in [1.82, 2.24) is 5.32 Å². The highest BCUT2D eigenvalue weighted by Crippen LogP contribution is 2.21. The second-order valence-corrected chi connectivity index (χ2v) is 6.32. The quantitative estimate of drug-likeness (QED) is 0.780. The Labute approximate surface area is 139 Å². The molecule has 2 atom stereocenters. The Kier molecular flexibility index (Phi) is 6.63. The van der Waals surface area contributed by atoms with Crippen LogP contribution in [0.3, 0.4) is 0 Å². The molecule has 0 fully saturated rings. The van der Waals surface area contributed by atoms with Gasteiger partial charge in [0, 0.05) is 12.6 Å². The third kappa shape index (κ3) is 5.70. The third-order valence-electron chi connectivity index (χ3n) is 3.83. The van der Waals surface area contributed by atoms with E-state index in [2.05, 4.69) is 31.3 Å². The lowest BCUT2D eigenvalue weighted by Gasteiger charge is -2.24. The van der Waals surface area contributed by atoms with E-state index in [1.54, 1.807) is 0 Å². The lowest BCUT2D eigenvalue weighted by molar-refractivity contribution is 0.101. The fourth-order valence-electron chi connectivity index (χ4n) is 2.62. The van der Waals surface area contributed by atoms with Gasteiger partial charge in [-0.05, 0) is 36.1 Å². The van der Waals surface area contributed by atoms with Crippen LogP contribution in [0, 0.1) is 12.8 Å². The summed E-state index contributed by atoms with van der Waals surface area (Å²) in [5.41, 5.74) is 2.40. The second kappa shape index (κ2) is 8.70. The summed E-state index contributed by atoms with van der Waals surface area (Å²) in [5.74, 6) is 1.25. The van der Waals surface area contributed by atoms with Crippen LogP contribution in [0.1, 0.15) is 31.0 Å². The zero-order chi connectivity index (χ0) is 16.7. The lowest BCUT2D eigenvalue weighted by atomic mass is 9.96. The van der Waals surface area contributed by atoms with E-state index in [1.807, 2.05) is 49.4 Å². The van der Waals surface area contributed by atoms with E-state index >= 15 is 0 Å². The van der Waals surface area contributed by atoms with Crippen LogP contribution in [0.4, 0.5) is 0 Å². The Morgan fingerprint density at radius 1 is 1.04 bits per heavy atom. The fraction of sp³-hybridized carbons (Fsp3) is 0.400. The molecule has 2 N–H and O–H groups in total. The molecule has 2 aromatic carbocycles. The van der Waals surface area contributed by atoms with Crippen molar-refractivity contribution in [3.05, 3.63) is 65.7 Å². The van der Waals surface area contributed by atoms with Crippen molar-refractivity contribution in [1.29, 1.82) is 0 Å². The van der Waals surface area contributed by atoms with Crippen molar-refractivity contribution >= 4 is 0 Å². The normalized spacial score (nSPS) is 13.8. The molecular weight excluding hydrogens is 286 g/mol. The Balaban J connectivity index is 1.83. The van der Waals surface area contributed by atoms with Crippen LogP contribution >= 0.6 is 0 Å². The zero-order valence-corrected chi connectivity index (χ0v) is 14.2. The van der Waals surface area contributed by atoms with Gasteiger partial charge in [0.25, 0.3) is 0 Å². The van der Waals surface area contributed by atoms with Gasteiger partial charge in [-0.25, -0.2) is 0 Å². The number of rotatable bonds is 8. The highest BCUT2D eigenvalue weighted by molar-refractivity contribution is 5.27. The summed E-state index contributed by atoms with van der Waals surface area (Å²) < 4.78 is 5.66.